The van der Waals surface area contributed by atoms with Crippen molar-refractivity contribution in [2.24, 2.45) is 0 Å². The number of pyridine rings is 1. The van der Waals surface area contributed by atoms with Gasteiger partial charge < -0.3 is 0 Å². The summed E-state index contributed by atoms with van der Waals surface area (Å²) >= 11 is 1.84. The number of hydrogen-bond donors (Lipinski definition) is 0. The molecule has 0 spiro atoms. The summed E-state index contributed by atoms with van der Waals surface area (Å²) in [6.45, 7) is 0. The van der Waals surface area contributed by atoms with E-state index in [-0.39, 0.29) is 0 Å². The van der Waals surface area contributed by atoms with Crippen molar-refractivity contribution in [2.45, 2.75) is 0 Å². The summed E-state index contributed by atoms with van der Waals surface area (Å²) in [5.74, 6) is 2.47. The molecule has 0 aliphatic rings. The maximum absolute atomic E-state index is 5.46. The first-order valence-electron chi connectivity index (χ1n) is 20.7. The first-order chi connectivity index (χ1) is 30.7. The van der Waals surface area contributed by atoms with Crippen LogP contribution in [0, 0.1) is 0 Å². The Morgan fingerprint density at radius 3 is 1.55 bits per heavy atom. The second-order valence-corrected chi connectivity index (χ2v) is 16.5. The van der Waals surface area contributed by atoms with Gasteiger partial charge in [-0.15, -0.1) is 11.3 Å². The van der Waals surface area contributed by atoms with Crippen molar-refractivity contribution in [1.82, 2.24) is 24.5 Å². The van der Waals surface area contributed by atoms with E-state index in [2.05, 4.69) is 150 Å². The Hall–Kier alpha value is -8.06. The average Bonchev–Trinajstić information content (AvgIpc) is 3.88. The fourth-order valence-corrected chi connectivity index (χ4v) is 9.88. The number of fused-ring (bicyclic) bond motifs is 6. The van der Waals surface area contributed by atoms with Crippen LogP contribution in [0.2, 0.25) is 0 Å². The van der Waals surface area contributed by atoms with Crippen LogP contribution in [0.25, 0.3) is 115 Å². The summed E-state index contributed by atoms with van der Waals surface area (Å²) in [6.07, 6.45) is 2.00. The van der Waals surface area contributed by atoms with Crippen LogP contribution in [0.3, 0.4) is 0 Å². The van der Waals surface area contributed by atoms with Gasteiger partial charge in [-0.2, -0.15) is 0 Å². The average molecular weight is 810 g/mol. The molecule has 6 heteroatoms. The van der Waals surface area contributed by atoms with Gasteiger partial charge in [0.25, 0.3) is 0 Å². The molecule has 0 fully saturated rings. The van der Waals surface area contributed by atoms with Crippen molar-refractivity contribution >= 4 is 53.3 Å². The van der Waals surface area contributed by atoms with E-state index < -0.39 is 0 Å². The fraction of sp³-hybridized carbons (Fsp3) is 0. The molecule has 62 heavy (non-hydrogen) atoms. The molecule has 0 saturated carbocycles. The van der Waals surface area contributed by atoms with E-state index in [9.17, 15) is 0 Å². The first-order valence-corrected chi connectivity index (χ1v) is 21.5. The quantitative estimate of drug-likeness (QED) is 0.161. The van der Waals surface area contributed by atoms with E-state index >= 15 is 0 Å². The van der Waals surface area contributed by atoms with Gasteiger partial charge >= 0.3 is 0 Å². The predicted octanol–water partition coefficient (Wildman–Crippen LogP) is 14.7. The van der Waals surface area contributed by atoms with Crippen molar-refractivity contribution in [3.05, 3.63) is 212 Å². The Morgan fingerprint density at radius 2 is 0.871 bits per heavy atom. The zero-order chi connectivity index (χ0) is 41.0. The molecule has 0 unspecified atom stereocenters. The Kier molecular flexibility index (Phi) is 8.61. The largest absolute Gasteiger partial charge is 0.293 e. The standard InChI is InChI=1S/C56H35N5S/c1-5-17-36(18-6-1)42-30-29-40(31-45(42)37-19-7-2-8-20-37)41-32-48(55-59-53(38-21-9-3-10-22-38)58-54(60-55)39-23-11-4-12-24-39)56(57-35-41)61-49-27-15-13-25-43(49)46-34-52-47(33-50(46)61)44-26-14-16-28-51(44)62-52/h1-35H. The lowest BCUT2D eigenvalue weighted by Gasteiger charge is -2.16. The van der Waals surface area contributed by atoms with Crippen LogP contribution in [0.5, 0.6) is 0 Å². The maximum atomic E-state index is 5.46. The normalized spacial score (nSPS) is 11.5. The molecule has 0 amide bonds. The smallest absolute Gasteiger partial charge is 0.167 e. The summed E-state index contributed by atoms with van der Waals surface area (Å²) in [5, 5.41) is 4.81. The Balaban J connectivity index is 1.15. The molecule has 8 aromatic carbocycles. The Morgan fingerprint density at radius 1 is 0.323 bits per heavy atom. The lowest BCUT2D eigenvalue weighted by Crippen LogP contribution is -2.05. The van der Waals surface area contributed by atoms with Gasteiger partial charge in [0, 0.05) is 53.8 Å². The molecule has 0 atom stereocenters. The third-order valence-corrected chi connectivity index (χ3v) is 12.8. The SMILES string of the molecule is c1ccc(-c2nc(-c3ccccc3)nc(-c3cc(-c4ccc(-c5ccccc5)c(-c5ccccc5)c4)cnc3-n3c4ccccc4c4cc5sc6ccccc6c5cc43)n2)cc1. The van der Waals surface area contributed by atoms with E-state index in [1.807, 2.05) is 78.2 Å². The second kappa shape index (κ2) is 14.9. The van der Waals surface area contributed by atoms with Gasteiger partial charge in [-0.1, -0.05) is 170 Å². The topological polar surface area (TPSA) is 56.5 Å². The van der Waals surface area contributed by atoms with Crippen LogP contribution in [0.4, 0.5) is 0 Å². The zero-order valence-electron chi connectivity index (χ0n) is 33.4. The van der Waals surface area contributed by atoms with Gasteiger partial charge in [0.2, 0.25) is 0 Å². The maximum Gasteiger partial charge on any atom is 0.167 e. The molecule has 4 heterocycles. The highest BCUT2D eigenvalue weighted by molar-refractivity contribution is 7.25. The van der Waals surface area contributed by atoms with E-state index in [0.29, 0.717) is 17.5 Å². The first kappa shape index (κ1) is 35.8. The summed E-state index contributed by atoms with van der Waals surface area (Å²) in [4.78, 5) is 21.1. The number of aromatic nitrogens is 5. The van der Waals surface area contributed by atoms with Crippen molar-refractivity contribution in [3.63, 3.8) is 0 Å². The molecule has 290 valence electrons. The lowest BCUT2D eigenvalue weighted by atomic mass is 9.91. The highest BCUT2D eigenvalue weighted by Gasteiger charge is 2.23. The summed E-state index contributed by atoms with van der Waals surface area (Å²) in [7, 11) is 0. The molecule has 0 bridgehead atoms. The number of para-hydroxylation sites is 1. The Bertz CT molecular complexity index is 3560. The fourth-order valence-electron chi connectivity index (χ4n) is 8.75. The number of rotatable bonds is 7. The van der Waals surface area contributed by atoms with Crippen molar-refractivity contribution < 1.29 is 0 Å². The molecule has 4 aromatic heterocycles. The van der Waals surface area contributed by atoms with Gasteiger partial charge in [-0.25, -0.2) is 19.9 Å². The van der Waals surface area contributed by atoms with Crippen LogP contribution in [-0.4, -0.2) is 24.5 Å². The third kappa shape index (κ3) is 6.16. The molecule has 0 aliphatic heterocycles. The van der Waals surface area contributed by atoms with Crippen LogP contribution in [0.15, 0.2) is 212 Å². The minimum absolute atomic E-state index is 0.541. The number of benzene rings is 8. The number of hydrogen-bond acceptors (Lipinski definition) is 5. The van der Waals surface area contributed by atoms with Gasteiger partial charge in [-0.3, -0.25) is 4.57 Å². The van der Waals surface area contributed by atoms with Crippen molar-refractivity contribution in [2.75, 3.05) is 0 Å². The molecular formula is C56H35N5S. The third-order valence-electron chi connectivity index (χ3n) is 11.7. The minimum atomic E-state index is 0.541. The van der Waals surface area contributed by atoms with Crippen molar-refractivity contribution in [3.8, 4) is 73.4 Å². The highest BCUT2D eigenvalue weighted by Crippen LogP contribution is 2.43. The summed E-state index contributed by atoms with van der Waals surface area (Å²) in [5.41, 5.74) is 11.4. The molecule has 0 N–H and O–H groups in total. The summed E-state index contributed by atoms with van der Waals surface area (Å²) < 4.78 is 4.84. The molecule has 0 saturated heterocycles. The monoisotopic (exact) mass is 809 g/mol. The number of nitrogens with zero attached hydrogens (tertiary/aromatic N) is 5. The molecular weight excluding hydrogens is 775 g/mol. The summed E-state index contributed by atoms with van der Waals surface area (Å²) in [6, 6.07) is 72.4. The van der Waals surface area contributed by atoms with Crippen LogP contribution in [0.1, 0.15) is 0 Å². The lowest BCUT2D eigenvalue weighted by molar-refractivity contribution is 1.04. The molecule has 5 nitrogen and oxygen atoms in total. The molecule has 0 radical (unpaired) electrons. The zero-order valence-corrected chi connectivity index (χ0v) is 34.2. The van der Waals surface area contributed by atoms with E-state index in [1.54, 1.807) is 0 Å². The van der Waals surface area contributed by atoms with Crippen LogP contribution >= 0.6 is 11.3 Å². The van der Waals surface area contributed by atoms with Gasteiger partial charge in [0.15, 0.2) is 17.5 Å². The van der Waals surface area contributed by atoms with Gasteiger partial charge in [-0.05, 0) is 64.2 Å². The Labute approximate surface area is 361 Å². The predicted molar refractivity (Wildman–Crippen MR) is 257 cm³/mol. The molecule has 12 aromatic rings. The van der Waals surface area contributed by atoms with E-state index in [1.165, 1.54) is 31.1 Å². The molecule has 12 rings (SSSR count). The van der Waals surface area contributed by atoms with Gasteiger partial charge in [0.05, 0.1) is 16.6 Å². The van der Waals surface area contributed by atoms with Crippen LogP contribution < -0.4 is 0 Å². The molecule has 0 aliphatic carbocycles. The van der Waals surface area contributed by atoms with Crippen LogP contribution in [-0.2, 0) is 0 Å². The van der Waals surface area contributed by atoms with E-state index in [4.69, 9.17) is 19.9 Å². The van der Waals surface area contributed by atoms with Gasteiger partial charge in [0.1, 0.15) is 5.82 Å². The van der Waals surface area contributed by atoms with Crippen molar-refractivity contribution in [1.29, 1.82) is 0 Å². The second-order valence-electron chi connectivity index (χ2n) is 15.4. The minimum Gasteiger partial charge on any atom is -0.293 e. The highest BCUT2D eigenvalue weighted by atomic mass is 32.1. The number of thiophene rings is 1. The van der Waals surface area contributed by atoms with E-state index in [0.717, 1.165) is 66.7 Å².